The van der Waals surface area contributed by atoms with Gasteiger partial charge < -0.3 is 10.6 Å². The van der Waals surface area contributed by atoms with Crippen LogP contribution < -0.4 is 10.6 Å². The van der Waals surface area contributed by atoms with E-state index in [1.807, 2.05) is 0 Å². The number of amides is 2. The van der Waals surface area contributed by atoms with Gasteiger partial charge in [0.05, 0.1) is 0 Å². The zero-order chi connectivity index (χ0) is 19.2. The highest BCUT2D eigenvalue weighted by molar-refractivity contribution is 7.13. The summed E-state index contributed by atoms with van der Waals surface area (Å²) in [4.78, 5) is 24.2. The van der Waals surface area contributed by atoms with E-state index in [9.17, 15) is 9.59 Å². The van der Waals surface area contributed by atoms with Crippen molar-refractivity contribution in [1.29, 1.82) is 0 Å². The molecule has 0 bridgehead atoms. The lowest BCUT2D eigenvalue weighted by atomic mass is 10.2. The molecule has 0 spiro atoms. The third-order valence-corrected chi connectivity index (χ3v) is 4.91. The van der Waals surface area contributed by atoms with Crippen molar-refractivity contribution in [2.45, 2.75) is 12.8 Å². The van der Waals surface area contributed by atoms with E-state index in [2.05, 4.69) is 20.8 Å². The van der Waals surface area contributed by atoms with Crippen molar-refractivity contribution in [3.05, 3.63) is 68.6 Å². The van der Waals surface area contributed by atoms with Crippen LogP contribution >= 0.6 is 34.5 Å². The Morgan fingerprint density at radius 2 is 1.70 bits per heavy atom. The Kier molecular flexibility index (Phi) is 6.39. The zero-order valence-corrected chi connectivity index (χ0v) is 16.2. The number of nitrogens with one attached hydrogen (secondary N) is 2. The summed E-state index contributed by atoms with van der Waals surface area (Å²) in [6.45, 7) is 0. The fraction of sp³-hybridized carbons (Fsp3) is 0.111. The summed E-state index contributed by atoms with van der Waals surface area (Å²) in [5.41, 5.74) is 1.25. The quantitative estimate of drug-likeness (QED) is 0.606. The third-order valence-electron chi connectivity index (χ3n) is 3.44. The number of anilines is 2. The molecule has 9 heteroatoms. The monoisotopic (exact) mass is 420 g/mol. The zero-order valence-electron chi connectivity index (χ0n) is 13.9. The van der Waals surface area contributed by atoms with Gasteiger partial charge in [-0.2, -0.15) is 0 Å². The van der Waals surface area contributed by atoms with Crippen molar-refractivity contribution in [2.24, 2.45) is 0 Å². The molecule has 0 aliphatic rings. The number of hydrogen-bond acceptors (Lipinski definition) is 5. The highest BCUT2D eigenvalue weighted by Crippen LogP contribution is 2.18. The first-order valence-corrected chi connectivity index (χ1v) is 9.51. The first kappa shape index (κ1) is 19.3. The Morgan fingerprint density at radius 3 is 2.44 bits per heavy atom. The van der Waals surface area contributed by atoms with Crippen LogP contribution in [0.2, 0.25) is 10.0 Å². The molecule has 1 heterocycles. The maximum absolute atomic E-state index is 12.2. The first-order chi connectivity index (χ1) is 13.0. The molecule has 0 aliphatic heterocycles. The second kappa shape index (κ2) is 8.94. The number of aryl methyl sites for hydroxylation is 1. The molecule has 2 amide bonds. The summed E-state index contributed by atoms with van der Waals surface area (Å²) >= 11 is 12.9. The molecule has 0 saturated carbocycles. The van der Waals surface area contributed by atoms with Crippen LogP contribution in [-0.2, 0) is 11.2 Å². The first-order valence-electron chi connectivity index (χ1n) is 7.94. The normalized spacial score (nSPS) is 10.4. The predicted molar refractivity (Wildman–Crippen MR) is 108 cm³/mol. The molecule has 2 aromatic carbocycles. The number of aromatic nitrogens is 2. The van der Waals surface area contributed by atoms with Gasteiger partial charge >= 0.3 is 0 Å². The van der Waals surface area contributed by atoms with Gasteiger partial charge in [-0.3, -0.25) is 9.59 Å². The number of nitrogens with zero attached hydrogens (tertiary/aromatic N) is 2. The summed E-state index contributed by atoms with van der Waals surface area (Å²) in [6, 6.07) is 13.7. The van der Waals surface area contributed by atoms with Gasteiger partial charge in [-0.25, -0.2) is 0 Å². The van der Waals surface area contributed by atoms with Crippen molar-refractivity contribution in [3.63, 3.8) is 0 Å². The summed E-state index contributed by atoms with van der Waals surface area (Å²) in [6.07, 6.45) is 0.620. The van der Waals surface area contributed by atoms with Gasteiger partial charge in [0.1, 0.15) is 5.01 Å². The van der Waals surface area contributed by atoms with Crippen LogP contribution in [0.1, 0.15) is 21.2 Å². The summed E-state index contributed by atoms with van der Waals surface area (Å²) < 4.78 is 0. The van der Waals surface area contributed by atoms with Gasteiger partial charge in [0.15, 0.2) is 0 Å². The van der Waals surface area contributed by atoms with Crippen molar-refractivity contribution < 1.29 is 9.59 Å². The molecule has 3 rings (SSSR count). The molecule has 3 aromatic rings. The molecule has 2 N–H and O–H groups in total. The highest BCUT2D eigenvalue weighted by Gasteiger charge is 2.14. The molecule has 0 fully saturated rings. The minimum absolute atomic E-state index is 0.155. The van der Waals surface area contributed by atoms with E-state index in [0.717, 1.165) is 11.3 Å². The van der Waals surface area contributed by atoms with Gasteiger partial charge in [-0.15, -0.1) is 10.2 Å². The lowest BCUT2D eigenvalue weighted by Gasteiger charge is -2.04. The van der Waals surface area contributed by atoms with Gasteiger partial charge in [0, 0.05) is 34.3 Å². The number of halogens is 2. The molecule has 0 aliphatic carbocycles. The SMILES string of the molecule is O=C(CCc1nnc(C(=O)Nc2cccc(Cl)c2)s1)Nc1ccc(Cl)cc1. The van der Waals surface area contributed by atoms with Gasteiger partial charge in [0.2, 0.25) is 10.9 Å². The van der Waals surface area contributed by atoms with E-state index in [4.69, 9.17) is 23.2 Å². The fourth-order valence-electron chi connectivity index (χ4n) is 2.17. The number of rotatable bonds is 6. The van der Waals surface area contributed by atoms with Crippen molar-refractivity contribution in [1.82, 2.24) is 10.2 Å². The minimum atomic E-state index is -0.369. The lowest BCUT2D eigenvalue weighted by Crippen LogP contribution is -2.12. The molecule has 0 saturated heterocycles. The van der Waals surface area contributed by atoms with E-state index < -0.39 is 0 Å². The maximum Gasteiger partial charge on any atom is 0.286 e. The van der Waals surface area contributed by atoms with Gasteiger partial charge in [-0.05, 0) is 42.5 Å². The minimum Gasteiger partial charge on any atom is -0.326 e. The second-order valence-corrected chi connectivity index (χ2v) is 7.46. The molecule has 0 unspecified atom stereocenters. The average molecular weight is 421 g/mol. The van der Waals surface area contributed by atoms with E-state index in [1.165, 1.54) is 0 Å². The molecule has 0 atom stereocenters. The Labute approximate surface area is 169 Å². The molecular weight excluding hydrogens is 407 g/mol. The van der Waals surface area contributed by atoms with Crippen molar-refractivity contribution in [2.75, 3.05) is 10.6 Å². The van der Waals surface area contributed by atoms with E-state index in [1.54, 1.807) is 48.5 Å². The Balaban J connectivity index is 1.52. The maximum atomic E-state index is 12.2. The summed E-state index contributed by atoms with van der Waals surface area (Å²) in [7, 11) is 0. The molecule has 1 aromatic heterocycles. The standard InChI is InChI=1S/C18H14Cl2N4O2S/c19-11-4-6-13(7-5-11)21-15(25)8-9-16-23-24-18(27-16)17(26)22-14-3-1-2-12(20)10-14/h1-7,10H,8-9H2,(H,21,25)(H,22,26). The van der Waals surface area contributed by atoms with Crippen LogP contribution in [0.5, 0.6) is 0 Å². The topological polar surface area (TPSA) is 84.0 Å². The average Bonchev–Trinajstić information content (AvgIpc) is 3.11. The number of hydrogen-bond donors (Lipinski definition) is 2. The lowest BCUT2D eigenvalue weighted by molar-refractivity contribution is -0.116. The van der Waals surface area contributed by atoms with E-state index in [0.29, 0.717) is 32.8 Å². The summed E-state index contributed by atoms with van der Waals surface area (Å²) in [5, 5.41) is 15.3. The molecule has 138 valence electrons. The third kappa shape index (κ3) is 5.75. The number of benzene rings is 2. The second-order valence-electron chi connectivity index (χ2n) is 5.52. The smallest absolute Gasteiger partial charge is 0.286 e. The molecule has 0 radical (unpaired) electrons. The number of carbonyl (C=O) groups is 2. The largest absolute Gasteiger partial charge is 0.326 e. The van der Waals surface area contributed by atoms with Crippen LogP contribution in [0.3, 0.4) is 0 Å². The Morgan fingerprint density at radius 1 is 0.926 bits per heavy atom. The Bertz CT molecular complexity index is 960. The van der Waals surface area contributed by atoms with Crippen LogP contribution in [0.4, 0.5) is 11.4 Å². The summed E-state index contributed by atoms with van der Waals surface area (Å²) in [5.74, 6) is -0.524. The van der Waals surface area contributed by atoms with Crippen LogP contribution in [-0.4, -0.2) is 22.0 Å². The fourth-order valence-corrected chi connectivity index (χ4v) is 3.22. The van der Waals surface area contributed by atoms with E-state index >= 15 is 0 Å². The Hall–Kier alpha value is -2.48. The molecular formula is C18H14Cl2N4O2S. The highest BCUT2D eigenvalue weighted by atomic mass is 35.5. The molecule has 27 heavy (non-hydrogen) atoms. The van der Waals surface area contributed by atoms with Crippen molar-refractivity contribution in [3.8, 4) is 0 Å². The van der Waals surface area contributed by atoms with Gasteiger partial charge in [0.25, 0.3) is 5.91 Å². The molecule has 6 nitrogen and oxygen atoms in total. The van der Waals surface area contributed by atoms with Crippen LogP contribution in [0.15, 0.2) is 48.5 Å². The van der Waals surface area contributed by atoms with Crippen LogP contribution in [0.25, 0.3) is 0 Å². The number of carbonyl (C=O) groups excluding carboxylic acids is 2. The predicted octanol–water partition coefficient (Wildman–Crippen LogP) is 4.67. The van der Waals surface area contributed by atoms with Gasteiger partial charge in [-0.1, -0.05) is 40.6 Å². The van der Waals surface area contributed by atoms with Crippen LogP contribution in [0, 0.1) is 0 Å². The van der Waals surface area contributed by atoms with Crippen molar-refractivity contribution >= 4 is 57.7 Å². The van der Waals surface area contributed by atoms with E-state index in [-0.39, 0.29) is 23.2 Å².